The maximum Gasteiger partial charge on any atom is 0.351 e. The summed E-state index contributed by atoms with van der Waals surface area (Å²) < 4.78 is 0. The number of primary amides is 1. The van der Waals surface area contributed by atoms with Gasteiger partial charge in [0.1, 0.15) is 0 Å². The van der Waals surface area contributed by atoms with Crippen molar-refractivity contribution in [3.05, 3.63) is 4.91 Å². The van der Waals surface area contributed by atoms with E-state index in [0.29, 0.717) is 5.01 Å². The van der Waals surface area contributed by atoms with Crippen molar-refractivity contribution >= 4 is 12.1 Å². The van der Waals surface area contributed by atoms with E-state index in [1.54, 1.807) is 6.92 Å². The van der Waals surface area contributed by atoms with Gasteiger partial charge in [0.2, 0.25) is 0 Å². The Kier molecular flexibility index (Phi) is 1.94. The highest BCUT2D eigenvalue weighted by Gasteiger charge is 2.38. The highest BCUT2D eigenvalue weighted by Crippen LogP contribution is 2.14. The molecule has 0 aromatic heterocycles. The Labute approximate surface area is 68.0 Å². The molecular formula is C5H8N4O3. The normalized spacial score (nSPS) is 23.1. The predicted octanol–water partition coefficient (Wildman–Crippen LogP) is -0.127. The van der Waals surface area contributed by atoms with E-state index < -0.39 is 18.1 Å². The van der Waals surface area contributed by atoms with Crippen LogP contribution in [-0.4, -0.2) is 34.6 Å². The molecule has 1 fully saturated rings. The lowest BCUT2D eigenvalue weighted by molar-refractivity contribution is 0.187. The van der Waals surface area contributed by atoms with Gasteiger partial charge in [-0.3, -0.25) is 0 Å². The van der Waals surface area contributed by atoms with E-state index in [1.165, 1.54) is 0 Å². The first-order valence-corrected chi connectivity index (χ1v) is 3.31. The summed E-state index contributed by atoms with van der Waals surface area (Å²) in [5.41, 5.74) is 4.86. The van der Waals surface area contributed by atoms with Crippen LogP contribution in [0.15, 0.2) is 5.29 Å². The number of hydrogen-bond donors (Lipinski definition) is 1. The van der Waals surface area contributed by atoms with Crippen LogP contribution in [0, 0.1) is 4.91 Å². The zero-order chi connectivity index (χ0) is 9.30. The molecule has 66 valence electrons. The van der Waals surface area contributed by atoms with Crippen LogP contribution < -0.4 is 5.73 Å². The number of nitroso groups, excluding NO2 is 1. The summed E-state index contributed by atoms with van der Waals surface area (Å²) >= 11 is 0. The Bertz CT molecular complexity index is 241. The van der Waals surface area contributed by atoms with Gasteiger partial charge in [-0.15, -0.1) is 4.91 Å². The third-order valence-electron chi connectivity index (χ3n) is 1.65. The summed E-state index contributed by atoms with van der Waals surface area (Å²) in [5.74, 6) is 0. The molecule has 4 amide bonds. The predicted molar refractivity (Wildman–Crippen MR) is 38.8 cm³/mol. The molecule has 1 saturated heterocycles. The summed E-state index contributed by atoms with van der Waals surface area (Å²) in [6, 6.07) is -2.02. The maximum atomic E-state index is 11.0. The molecule has 1 aliphatic heterocycles. The van der Waals surface area contributed by atoms with Crippen molar-refractivity contribution in [3.63, 3.8) is 0 Å². The van der Waals surface area contributed by atoms with Crippen molar-refractivity contribution in [1.29, 1.82) is 0 Å². The molecule has 1 heterocycles. The highest BCUT2D eigenvalue weighted by atomic mass is 16.3. The van der Waals surface area contributed by atoms with Crippen molar-refractivity contribution in [2.75, 3.05) is 6.54 Å². The van der Waals surface area contributed by atoms with E-state index in [4.69, 9.17) is 5.73 Å². The second-order valence-electron chi connectivity index (χ2n) is 2.51. The molecular weight excluding hydrogens is 164 g/mol. The lowest BCUT2D eigenvalue weighted by Crippen LogP contribution is -2.38. The molecule has 1 rings (SSSR count). The molecule has 2 N–H and O–H groups in total. The van der Waals surface area contributed by atoms with Gasteiger partial charge < -0.3 is 5.73 Å². The number of amides is 4. The van der Waals surface area contributed by atoms with Crippen molar-refractivity contribution in [2.24, 2.45) is 11.0 Å². The Morgan fingerprint density at radius 2 is 2.33 bits per heavy atom. The van der Waals surface area contributed by atoms with Crippen LogP contribution in [0.1, 0.15) is 6.92 Å². The number of imide groups is 1. The van der Waals surface area contributed by atoms with Gasteiger partial charge in [0.15, 0.2) is 0 Å². The fourth-order valence-corrected chi connectivity index (χ4v) is 1.03. The highest BCUT2D eigenvalue weighted by molar-refractivity contribution is 5.94. The number of carbonyl (C=O) groups excluding carboxylic acids is 2. The average molecular weight is 172 g/mol. The van der Waals surface area contributed by atoms with E-state index in [1.807, 2.05) is 0 Å². The molecule has 0 spiro atoms. The Morgan fingerprint density at radius 1 is 1.75 bits per heavy atom. The van der Waals surface area contributed by atoms with Gasteiger partial charge in [-0.05, 0) is 6.92 Å². The average Bonchev–Trinajstić information content (AvgIpc) is 2.27. The minimum absolute atomic E-state index is 0.111. The molecule has 0 aromatic rings. The van der Waals surface area contributed by atoms with Crippen LogP contribution in [-0.2, 0) is 0 Å². The van der Waals surface area contributed by atoms with E-state index in [0.717, 1.165) is 4.90 Å². The van der Waals surface area contributed by atoms with Gasteiger partial charge in [0.05, 0.1) is 17.9 Å². The van der Waals surface area contributed by atoms with Crippen molar-refractivity contribution < 1.29 is 9.59 Å². The second-order valence-corrected chi connectivity index (χ2v) is 2.51. The first-order chi connectivity index (χ1) is 5.57. The first-order valence-electron chi connectivity index (χ1n) is 3.31. The molecule has 0 aromatic carbocycles. The van der Waals surface area contributed by atoms with E-state index >= 15 is 0 Å². The SMILES string of the molecule is CC1CN(C(N)=O)C(=O)N1N=O. The van der Waals surface area contributed by atoms with Crippen LogP contribution in [0.25, 0.3) is 0 Å². The van der Waals surface area contributed by atoms with Gasteiger partial charge in [-0.2, -0.15) is 5.01 Å². The molecule has 0 radical (unpaired) electrons. The molecule has 0 aliphatic carbocycles. The maximum absolute atomic E-state index is 11.0. The molecule has 1 unspecified atom stereocenters. The van der Waals surface area contributed by atoms with Crippen LogP contribution >= 0.6 is 0 Å². The lowest BCUT2D eigenvalue weighted by Gasteiger charge is -2.08. The van der Waals surface area contributed by atoms with Crippen LogP contribution in [0.4, 0.5) is 9.59 Å². The summed E-state index contributed by atoms with van der Waals surface area (Å²) in [6.45, 7) is 1.71. The Hall–Kier alpha value is -1.66. The first kappa shape index (κ1) is 8.44. The zero-order valence-electron chi connectivity index (χ0n) is 6.43. The molecule has 1 aliphatic rings. The van der Waals surface area contributed by atoms with Crippen LogP contribution in [0.2, 0.25) is 0 Å². The summed E-state index contributed by atoms with van der Waals surface area (Å²) in [7, 11) is 0. The minimum atomic E-state index is -0.863. The Balaban J connectivity index is 2.82. The third-order valence-corrected chi connectivity index (χ3v) is 1.65. The number of rotatable bonds is 1. The largest absolute Gasteiger partial charge is 0.351 e. The summed E-state index contributed by atoms with van der Waals surface area (Å²) in [5, 5.41) is 3.15. The molecule has 12 heavy (non-hydrogen) atoms. The Morgan fingerprint density at radius 3 is 2.58 bits per heavy atom. The van der Waals surface area contributed by atoms with Gasteiger partial charge in [-0.25, -0.2) is 14.5 Å². The van der Waals surface area contributed by atoms with Crippen molar-refractivity contribution in [2.45, 2.75) is 13.0 Å². The fraction of sp³-hybridized carbons (Fsp3) is 0.600. The van der Waals surface area contributed by atoms with Crippen LogP contribution in [0.3, 0.4) is 0 Å². The van der Waals surface area contributed by atoms with Gasteiger partial charge in [0, 0.05) is 0 Å². The quantitative estimate of drug-likeness (QED) is 0.558. The van der Waals surface area contributed by atoms with E-state index in [-0.39, 0.29) is 6.54 Å². The number of urea groups is 2. The summed E-state index contributed by atoms with van der Waals surface area (Å²) in [6.07, 6.45) is 0. The number of nitrogens with two attached hydrogens (primary N) is 1. The molecule has 7 nitrogen and oxygen atoms in total. The topological polar surface area (TPSA) is 96.1 Å². The number of hydrogen-bond acceptors (Lipinski definition) is 4. The lowest BCUT2D eigenvalue weighted by atomic mass is 10.4. The standard InChI is InChI=1S/C5H8N4O3/c1-3-2-8(4(6)10)5(11)9(3)7-12/h3H,2H2,1H3,(H2,6,10). The molecule has 0 bridgehead atoms. The monoisotopic (exact) mass is 172 g/mol. The number of carbonyl (C=O) groups is 2. The molecule has 1 atom stereocenters. The van der Waals surface area contributed by atoms with Gasteiger partial charge in [0.25, 0.3) is 0 Å². The number of nitrogens with zero attached hydrogens (tertiary/aromatic N) is 3. The molecule has 0 saturated carbocycles. The van der Waals surface area contributed by atoms with Crippen LogP contribution in [0.5, 0.6) is 0 Å². The second kappa shape index (κ2) is 2.76. The van der Waals surface area contributed by atoms with Gasteiger partial charge >= 0.3 is 12.1 Å². The van der Waals surface area contributed by atoms with E-state index in [9.17, 15) is 14.5 Å². The molecule has 7 heteroatoms. The third kappa shape index (κ3) is 1.09. The van der Waals surface area contributed by atoms with Crippen molar-refractivity contribution in [3.8, 4) is 0 Å². The fourth-order valence-electron chi connectivity index (χ4n) is 1.03. The zero-order valence-corrected chi connectivity index (χ0v) is 6.43. The van der Waals surface area contributed by atoms with E-state index in [2.05, 4.69) is 5.29 Å². The van der Waals surface area contributed by atoms with Crippen molar-refractivity contribution in [1.82, 2.24) is 9.91 Å². The smallest absolute Gasteiger partial charge is 0.351 e. The summed E-state index contributed by atoms with van der Waals surface area (Å²) in [4.78, 5) is 32.5. The minimum Gasteiger partial charge on any atom is -0.351 e. The van der Waals surface area contributed by atoms with Gasteiger partial charge in [-0.1, -0.05) is 0 Å².